The zero-order valence-corrected chi connectivity index (χ0v) is 11.6. The minimum absolute atomic E-state index is 0.382. The molecule has 3 rings (SSSR count). The number of hydrogen-bond acceptors (Lipinski definition) is 5. The van der Waals surface area contributed by atoms with Crippen molar-refractivity contribution in [3.8, 4) is 11.6 Å². The SMILES string of the molecule is COC(=O)c1ccnc2c1ccn2-c1ccnc(OC)c1. The van der Waals surface area contributed by atoms with Crippen LogP contribution in [0.15, 0.2) is 42.9 Å². The Labute approximate surface area is 121 Å². The van der Waals surface area contributed by atoms with E-state index in [2.05, 4.69) is 9.97 Å². The highest BCUT2D eigenvalue weighted by Crippen LogP contribution is 2.23. The first-order valence-electron chi connectivity index (χ1n) is 6.29. The predicted molar refractivity (Wildman–Crippen MR) is 76.8 cm³/mol. The van der Waals surface area contributed by atoms with Crippen molar-refractivity contribution < 1.29 is 14.3 Å². The monoisotopic (exact) mass is 283 g/mol. The van der Waals surface area contributed by atoms with Crippen LogP contribution in [0, 0.1) is 0 Å². The fraction of sp³-hybridized carbons (Fsp3) is 0.133. The van der Waals surface area contributed by atoms with Gasteiger partial charge >= 0.3 is 5.97 Å². The molecule has 0 aromatic carbocycles. The molecule has 6 nitrogen and oxygen atoms in total. The standard InChI is InChI=1S/C15H13N3O3/c1-20-13-9-10(3-6-16-13)18-8-5-11-12(15(19)21-2)4-7-17-14(11)18/h3-9H,1-2H3. The van der Waals surface area contributed by atoms with E-state index in [0.717, 1.165) is 11.1 Å². The van der Waals surface area contributed by atoms with E-state index in [0.29, 0.717) is 17.1 Å². The Bertz CT molecular complexity index is 811. The van der Waals surface area contributed by atoms with Crippen LogP contribution in [0.25, 0.3) is 16.7 Å². The quantitative estimate of drug-likeness (QED) is 0.689. The van der Waals surface area contributed by atoms with Gasteiger partial charge in [-0.2, -0.15) is 0 Å². The lowest BCUT2D eigenvalue weighted by Crippen LogP contribution is -2.03. The number of fused-ring (bicyclic) bond motifs is 1. The molecule has 3 aromatic rings. The Morgan fingerprint density at radius 2 is 1.95 bits per heavy atom. The smallest absolute Gasteiger partial charge is 0.338 e. The maximum atomic E-state index is 11.8. The lowest BCUT2D eigenvalue weighted by Gasteiger charge is -2.07. The third kappa shape index (κ3) is 2.20. The number of carbonyl (C=O) groups is 1. The molecule has 0 N–H and O–H groups in total. The van der Waals surface area contributed by atoms with Crippen LogP contribution in [0.4, 0.5) is 0 Å². The molecule has 0 aliphatic carbocycles. The molecule has 3 aromatic heterocycles. The predicted octanol–water partition coefficient (Wildman–Crippen LogP) is 2.22. The van der Waals surface area contributed by atoms with Crippen LogP contribution in [-0.4, -0.2) is 34.7 Å². The summed E-state index contributed by atoms with van der Waals surface area (Å²) in [6.07, 6.45) is 5.09. The summed E-state index contributed by atoms with van der Waals surface area (Å²) in [6.45, 7) is 0. The van der Waals surface area contributed by atoms with Crippen molar-refractivity contribution in [2.45, 2.75) is 0 Å². The molecule has 0 bridgehead atoms. The molecule has 0 atom stereocenters. The second-order valence-corrected chi connectivity index (χ2v) is 4.33. The van der Waals surface area contributed by atoms with Crippen LogP contribution in [0.2, 0.25) is 0 Å². The van der Waals surface area contributed by atoms with Gasteiger partial charge in [-0.3, -0.25) is 0 Å². The summed E-state index contributed by atoms with van der Waals surface area (Å²) in [4.78, 5) is 20.2. The van der Waals surface area contributed by atoms with Crippen LogP contribution in [-0.2, 0) is 4.74 Å². The van der Waals surface area contributed by atoms with Crippen molar-refractivity contribution >= 4 is 17.0 Å². The highest BCUT2D eigenvalue weighted by Gasteiger charge is 2.14. The van der Waals surface area contributed by atoms with Crippen molar-refractivity contribution in [3.63, 3.8) is 0 Å². The second-order valence-electron chi connectivity index (χ2n) is 4.33. The van der Waals surface area contributed by atoms with E-state index in [1.54, 1.807) is 31.6 Å². The Hall–Kier alpha value is -2.89. The highest BCUT2D eigenvalue weighted by molar-refractivity contribution is 6.03. The van der Waals surface area contributed by atoms with Crippen molar-refractivity contribution in [1.29, 1.82) is 0 Å². The Morgan fingerprint density at radius 1 is 1.14 bits per heavy atom. The molecule has 106 valence electrons. The van der Waals surface area contributed by atoms with Gasteiger partial charge in [-0.15, -0.1) is 0 Å². The van der Waals surface area contributed by atoms with Crippen LogP contribution in [0.1, 0.15) is 10.4 Å². The number of rotatable bonds is 3. The maximum absolute atomic E-state index is 11.8. The summed E-state index contributed by atoms with van der Waals surface area (Å²) < 4.78 is 11.8. The summed E-state index contributed by atoms with van der Waals surface area (Å²) >= 11 is 0. The third-order valence-corrected chi connectivity index (χ3v) is 3.20. The van der Waals surface area contributed by atoms with E-state index >= 15 is 0 Å². The number of aromatic nitrogens is 3. The normalized spacial score (nSPS) is 10.6. The van der Waals surface area contributed by atoms with E-state index in [9.17, 15) is 4.79 Å². The van der Waals surface area contributed by atoms with Gasteiger partial charge in [-0.25, -0.2) is 14.8 Å². The fourth-order valence-electron chi connectivity index (χ4n) is 2.19. The first kappa shape index (κ1) is 13.1. The van der Waals surface area contributed by atoms with E-state index in [4.69, 9.17) is 9.47 Å². The molecule has 0 radical (unpaired) electrons. The number of methoxy groups -OCH3 is 2. The average Bonchev–Trinajstić information content (AvgIpc) is 2.98. The number of esters is 1. The lowest BCUT2D eigenvalue weighted by atomic mass is 10.2. The molecule has 0 fully saturated rings. The molecule has 21 heavy (non-hydrogen) atoms. The first-order valence-corrected chi connectivity index (χ1v) is 6.29. The second kappa shape index (κ2) is 5.24. The molecule has 0 unspecified atom stereocenters. The summed E-state index contributed by atoms with van der Waals surface area (Å²) in [5, 5.41) is 0.736. The van der Waals surface area contributed by atoms with Gasteiger partial charge in [0.25, 0.3) is 0 Å². The van der Waals surface area contributed by atoms with E-state index in [1.165, 1.54) is 7.11 Å². The molecule has 0 spiro atoms. The van der Waals surface area contributed by atoms with E-state index in [1.807, 2.05) is 22.9 Å². The third-order valence-electron chi connectivity index (χ3n) is 3.20. The molecule has 0 saturated heterocycles. The largest absolute Gasteiger partial charge is 0.481 e. The number of carbonyl (C=O) groups excluding carboxylic acids is 1. The molecule has 6 heteroatoms. The first-order chi connectivity index (χ1) is 10.2. The molecule has 0 aliphatic rings. The Balaban J connectivity index is 2.18. The topological polar surface area (TPSA) is 66.2 Å². The zero-order chi connectivity index (χ0) is 14.8. The minimum Gasteiger partial charge on any atom is -0.481 e. The van der Waals surface area contributed by atoms with Gasteiger partial charge in [-0.1, -0.05) is 0 Å². The molecule has 0 aliphatic heterocycles. The number of hydrogen-bond donors (Lipinski definition) is 0. The van der Waals surface area contributed by atoms with Crippen molar-refractivity contribution in [2.75, 3.05) is 14.2 Å². The van der Waals surface area contributed by atoms with Crippen LogP contribution in [0.5, 0.6) is 5.88 Å². The van der Waals surface area contributed by atoms with Gasteiger partial charge in [0.1, 0.15) is 5.65 Å². The van der Waals surface area contributed by atoms with Gasteiger partial charge in [0, 0.05) is 30.0 Å². The highest BCUT2D eigenvalue weighted by atomic mass is 16.5. The average molecular weight is 283 g/mol. The summed E-state index contributed by atoms with van der Waals surface area (Å²) in [5.41, 5.74) is 2.01. The molecule has 0 amide bonds. The number of pyridine rings is 2. The van der Waals surface area contributed by atoms with Gasteiger partial charge in [0.2, 0.25) is 5.88 Å². The van der Waals surface area contributed by atoms with Crippen molar-refractivity contribution in [3.05, 3.63) is 48.4 Å². The summed E-state index contributed by atoms with van der Waals surface area (Å²) in [7, 11) is 2.92. The maximum Gasteiger partial charge on any atom is 0.338 e. The zero-order valence-electron chi connectivity index (χ0n) is 11.6. The van der Waals surface area contributed by atoms with Gasteiger partial charge in [0.05, 0.1) is 25.5 Å². The van der Waals surface area contributed by atoms with Gasteiger partial charge in [0.15, 0.2) is 0 Å². The Morgan fingerprint density at radius 3 is 2.71 bits per heavy atom. The Kier molecular flexibility index (Phi) is 3.27. The summed E-state index contributed by atoms with van der Waals surface area (Å²) in [5.74, 6) is 0.130. The number of ether oxygens (including phenoxy) is 2. The van der Waals surface area contributed by atoms with Gasteiger partial charge in [-0.05, 0) is 18.2 Å². The van der Waals surface area contributed by atoms with Crippen LogP contribution >= 0.6 is 0 Å². The molecule has 3 heterocycles. The fourth-order valence-corrected chi connectivity index (χ4v) is 2.19. The van der Waals surface area contributed by atoms with Crippen LogP contribution in [0.3, 0.4) is 0 Å². The van der Waals surface area contributed by atoms with Crippen LogP contribution < -0.4 is 4.74 Å². The molecule has 0 saturated carbocycles. The molecular formula is C15H13N3O3. The minimum atomic E-state index is -0.382. The van der Waals surface area contributed by atoms with E-state index in [-0.39, 0.29) is 5.97 Å². The van der Waals surface area contributed by atoms with Crippen molar-refractivity contribution in [2.24, 2.45) is 0 Å². The number of nitrogens with zero attached hydrogens (tertiary/aromatic N) is 3. The molecular weight excluding hydrogens is 270 g/mol. The summed E-state index contributed by atoms with van der Waals surface area (Å²) in [6, 6.07) is 7.12. The van der Waals surface area contributed by atoms with Crippen molar-refractivity contribution in [1.82, 2.24) is 14.5 Å². The van der Waals surface area contributed by atoms with E-state index < -0.39 is 0 Å². The van der Waals surface area contributed by atoms with Gasteiger partial charge < -0.3 is 14.0 Å². The lowest BCUT2D eigenvalue weighted by molar-refractivity contribution is 0.0603.